The molecule has 2 aromatic rings. The summed E-state index contributed by atoms with van der Waals surface area (Å²) < 4.78 is 5.62. The number of H-pyrrole nitrogens is 1. The summed E-state index contributed by atoms with van der Waals surface area (Å²) in [6, 6.07) is 7.78. The molecule has 1 fully saturated rings. The molecule has 3 rings (SSSR count). The van der Waals surface area contributed by atoms with E-state index in [0.717, 1.165) is 43.6 Å². The largest absolute Gasteiger partial charge is 0.458 e. The summed E-state index contributed by atoms with van der Waals surface area (Å²) in [6.45, 7) is 6.97. The molecule has 0 aliphatic carbocycles. The van der Waals surface area contributed by atoms with Crippen LogP contribution in [0.3, 0.4) is 0 Å². The highest BCUT2D eigenvalue weighted by molar-refractivity contribution is 6.04. The Kier molecular flexibility index (Phi) is 4.45. The SMILES string of the molecule is CC(CN1CCN(C)CC1)OC(=O)c1c[nH]c2ccccc12. The Bertz CT molecular complexity index is 644. The molecule has 1 aromatic heterocycles. The average molecular weight is 301 g/mol. The lowest BCUT2D eigenvalue weighted by molar-refractivity contribution is 0.0209. The van der Waals surface area contributed by atoms with Crippen molar-refractivity contribution < 1.29 is 9.53 Å². The molecule has 1 aliphatic heterocycles. The van der Waals surface area contributed by atoms with Crippen LogP contribution in [0.4, 0.5) is 0 Å². The van der Waals surface area contributed by atoms with E-state index in [4.69, 9.17) is 4.74 Å². The molecule has 5 nitrogen and oxygen atoms in total. The molecular formula is C17H23N3O2. The van der Waals surface area contributed by atoms with Crippen LogP contribution >= 0.6 is 0 Å². The Balaban J connectivity index is 1.59. The minimum absolute atomic E-state index is 0.107. The Morgan fingerprint density at radius 3 is 2.77 bits per heavy atom. The van der Waals surface area contributed by atoms with Crippen molar-refractivity contribution in [2.45, 2.75) is 13.0 Å². The first-order valence-electron chi connectivity index (χ1n) is 7.81. The number of nitrogens with zero attached hydrogens (tertiary/aromatic N) is 2. The van der Waals surface area contributed by atoms with Crippen molar-refractivity contribution in [2.75, 3.05) is 39.8 Å². The molecule has 118 valence electrons. The topological polar surface area (TPSA) is 48.6 Å². The molecule has 1 unspecified atom stereocenters. The average Bonchev–Trinajstić information content (AvgIpc) is 2.93. The highest BCUT2D eigenvalue weighted by Gasteiger charge is 2.20. The van der Waals surface area contributed by atoms with E-state index in [9.17, 15) is 4.79 Å². The number of ether oxygens (including phenoxy) is 1. The van der Waals surface area contributed by atoms with E-state index in [2.05, 4.69) is 21.8 Å². The lowest BCUT2D eigenvalue weighted by Gasteiger charge is -2.33. The van der Waals surface area contributed by atoms with Crippen LogP contribution in [-0.2, 0) is 4.74 Å². The summed E-state index contributed by atoms with van der Waals surface area (Å²) in [6.07, 6.45) is 1.62. The molecular weight excluding hydrogens is 278 g/mol. The summed E-state index contributed by atoms with van der Waals surface area (Å²) in [7, 11) is 2.14. The zero-order chi connectivity index (χ0) is 15.5. The van der Waals surface area contributed by atoms with E-state index in [1.165, 1.54) is 0 Å². The van der Waals surface area contributed by atoms with Crippen molar-refractivity contribution in [1.29, 1.82) is 0 Å². The first-order chi connectivity index (χ1) is 10.6. The molecule has 1 N–H and O–H groups in total. The van der Waals surface area contributed by atoms with E-state index in [1.54, 1.807) is 6.20 Å². The van der Waals surface area contributed by atoms with Crippen molar-refractivity contribution in [3.05, 3.63) is 36.0 Å². The number of hydrogen-bond donors (Lipinski definition) is 1. The van der Waals surface area contributed by atoms with Gasteiger partial charge in [-0.05, 0) is 20.0 Å². The van der Waals surface area contributed by atoms with Gasteiger partial charge in [-0.25, -0.2) is 4.79 Å². The Morgan fingerprint density at radius 1 is 1.27 bits per heavy atom. The number of fused-ring (bicyclic) bond motifs is 1. The zero-order valence-electron chi connectivity index (χ0n) is 13.2. The second-order valence-electron chi connectivity index (χ2n) is 6.07. The molecule has 0 spiro atoms. The highest BCUT2D eigenvalue weighted by atomic mass is 16.5. The summed E-state index contributed by atoms with van der Waals surface area (Å²) in [5.41, 5.74) is 1.57. The zero-order valence-corrected chi connectivity index (χ0v) is 13.2. The number of hydrogen-bond acceptors (Lipinski definition) is 4. The van der Waals surface area contributed by atoms with Gasteiger partial charge in [0.2, 0.25) is 0 Å². The first-order valence-corrected chi connectivity index (χ1v) is 7.81. The smallest absolute Gasteiger partial charge is 0.340 e. The van der Waals surface area contributed by atoms with E-state index >= 15 is 0 Å². The summed E-state index contributed by atoms with van der Waals surface area (Å²) in [5.74, 6) is -0.251. The van der Waals surface area contributed by atoms with Gasteiger partial charge in [-0.15, -0.1) is 0 Å². The van der Waals surface area contributed by atoms with Gasteiger partial charge < -0.3 is 14.6 Å². The van der Waals surface area contributed by atoms with Crippen molar-refractivity contribution in [2.24, 2.45) is 0 Å². The minimum Gasteiger partial charge on any atom is -0.458 e. The van der Waals surface area contributed by atoms with Crippen LogP contribution in [0, 0.1) is 0 Å². The van der Waals surface area contributed by atoms with Gasteiger partial charge in [0.15, 0.2) is 0 Å². The predicted octanol–water partition coefficient (Wildman–Crippen LogP) is 1.96. The molecule has 5 heteroatoms. The molecule has 1 atom stereocenters. The maximum atomic E-state index is 12.4. The third-order valence-electron chi connectivity index (χ3n) is 4.23. The monoisotopic (exact) mass is 301 g/mol. The quantitative estimate of drug-likeness (QED) is 0.877. The maximum Gasteiger partial charge on any atom is 0.340 e. The van der Waals surface area contributed by atoms with Gasteiger partial charge >= 0.3 is 5.97 Å². The first kappa shape index (κ1) is 15.1. The molecule has 1 aromatic carbocycles. The number of piperazine rings is 1. The van der Waals surface area contributed by atoms with Gasteiger partial charge in [-0.1, -0.05) is 18.2 Å². The van der Waals surface area contributed by atoms with Crippen molar-refractivity contribution >= 4 is 16.9 Å². The molecule has 1 saturated heterocycles. The number of rotatable bonds is 4. The van der Waals surface area contributed by atoms with Crippen LogP contribution in [0.15, 0.2) is 30.5 Å². The van der Waals surface area contributed by atoms with Gasteiger partial charge in [0, 0.05) is 49.8 Å². The van der Waals surface area contributed by atoms with Gasteiger partial charge in [0.25, 0.3) is 0 Å². The molecule has 0 radical (unpaired) electrons. The minimum atomic E-state index is -0.251. The Labute approximate surface area is 130 Å². The number of benzene rings is 1. The fourth-order valence-electron chi connectivity index (χ4n) is 2.92. The molecule has 22 heavy (non-hydrogen) atoms. The number of nitrogens with one attached hydrogen (secondary N) is 1. The number of para-hydroxylation sites is 1. The van der Waals surface area contributed by atoms with Crippen LogP contribution in [-0.4, -0.2) is 66.6 Å². The molecule has 0 saturated carbocycles. The third kappa shape index (κ3) is 3.31. The van der Waals surface area contributed by atoms with Crippen LogP contribution < -0.4 is 0 Å². The lowest BCUT2D eigenvalue weighted by Crippen LogP contribution is -2.47. The standard InChI is InChI=1S/C17H23N3O2/c1-13(12-20-9-7-19(2)8-10-20)22-17(21)15-11-18-16-6-4-3-5-14(15)16/h3-6,11,13,18H,7-10,12H2,1-2H3. The van der Waals surface area contributed by atoms with E-state index in [0.29, 0.717) is 5.56 Å². The number of likely N-dealkylation sites (N-methyl/N-ethyl adjacent to an activating group) is 1. The van der Waals surface area contributed by atoms with Crippen LogP contribution in [0.2, 0.25) is 0 Å². The molecule has 0 amide bonds. The molecule has 0 bridgehead atoms. The van der Waals surface area contributed by atoms with Crippen molar-refractivity contribution in [1.82, 2.24) is 14.8 Å². The van der Waals surface area contributed by atoms with Gasteiger partial charge in [0.1, 0.15) is 6.10 Å². The second kappa shape index (κ2) is 6.50. The van der Waals surface area contributed by atoms with Gasteiger partial charge in [0.05, 0.1) is 5.56 Å². The number of aromatic nitrogens is 1. The fraction of sp³-hybridized carbons (Fsp3) is 0.471. The fourth-order valence-corrected chi connectivity index (χ4v) is 2.92. The predicted molar refractivity (Wildman–Crippen MR) is 87.1 cm³/mol. The molecule has 2 heterocycles. The van der Waals surface area contributed by atoms with Crippen LogP contribution in [0.5, 0.6) is 0 Å². The number of esters is 1. The summed E-state index contributed by atoms with van der Waals surface area (Å²) in [5, 5.41) is 0.916. The van der Waals surface area contributed by atoms with Gasteiger partial charge in [-0.2, -0.15) is 0 Å². The summed E-state index contributed by atoms with van der Waals surface area (Å²) in [4.78, 5) is 20.1. The second-order valence-corrected chi connectivity index (χ2v) is 6.07. The lowest BCUT2D eigenvalue weighted by atomic mass is 10.2. The Morgan fingerprint density at radius 2 is 2.00 bits per heavy atom. The summed E-state index contributed by atoms with van der Waals surface area (Å²) >= 11 is 0. The highest BCUT2D eigenvalue weighted by Crippen LogP contribution is 2.19. The van der Waals surface area contributed by atoms with Crippen LogP contribution in [0.1, 0.15) is 17.3 Å². The number of carbonyl (C=O) groups excluding carboxylic acids is 1. The third-order valence-corrected chi connectivity index (χ3v) is 4.23. The van der Waals surface area contributed by atoms with Gasteiger partial charge in [-0.3, -0.25) is 4.90 Å². The number of aromatic amines is 1. The maximum absolute atomic E-state index is 12.4. The molecule has 1 aliphatic rings. The van der Waals surface area contributed by atoms with Crippen molar-refractivity contribution in [3.8, 4) is 0 Å². The Hall–Kier alpha value is -1.85. The van der Waals surface area contributed by atoms with E-state index in [-0.39, 0.29) is 12.1 Å². The normalized spacial score (nSPS) is 18.5. The number of carbonyl (C=O) groups is 1. The van der Waals surface area contributed by atoms with E-state index < -0.39 is 0 Å². The van der Waals surface area contributed by atoms with Crippen LogP contribution in [0.25, 0.3) is 10.9 Å². The van der Waals surface area contributed by atoms with Crippen molar-refractivity contribution in [3.63, 3.8) is 0 Å². The van der Waals surface area contributed by atoms with E-state index in [1.807, 2.05) is 31.2 Å².